The van der Waals surface area contributed by atoms with Gasteiger partial charge in [-0.3, -0.25) is 0 Å². The molecular weight excluding hydrogens is 459 g/mol. The normalized spacial score (nSPS) is 10.8. The molecule has 0 radical (unpaired) electrons. The Bertz CT molecular complexity index is 1040. The van der Waals surface area contributed by atoms with Gasteiger partial charge >= 0.3 is 18.8 Å². The van der Waals surface area contributed by atoms with Crippen molar-refractivity contribution in [3.63, 3.8) is 0 Å². The molecule has 1 aromatic heterocycles. The molecule has 0 aliphatic rings. The minimum atomic E-state index is -6.00. The predicted octanol–water partition coefficient (Wildman–Crippen LogP) is 8.62. The average Bonchev–Trinajstić information content (AvgIpc) is 2.74. The fraction of sp³-hybridized carbons (Fsp3) is 0. The summed E-state index contributed by atoms with van der Waals surface area (Å²) in [4.78, 5) is 0. The van der Waals surface area contributed by atoms with E-state index in [9.17, 15) is 17.3 Å². The van der Waals surface area contributed by atoms with Gasteiger partial charge in [-0.15, -0.1) is 0 Å². The van der Waals surface area contributed by atoms with Crippen molar-refractivity contribution in [2.24, 2.45) is 0 Å². The minimum absolute atomic E-state index is 0.854. The van der Waals surface area contributed by atoms with Crippen LogP contribution in [-0.2, 0) is 0 Å². The van der Waals surface area contributed by atoms with E-state index < -0.39 is 7.25 Å². The van der Waals surface area contributed by atoms with Gasteiger partial charge in [0.25, 0.3) is 0 Å². The molecule has 0 spiro atoms. The summed E-state index contributed by atoms with van der Waals surface area (Å²) in [5.74, 6) is 1.71. The lowest BCUT2D eigenvalue weighted by Crippen LogP contribution is -2.02. The first-order valence-corrected chi connectivity index (χ1v) is 9.82. The van der Waals surface area contributed by atoms with E-state index in [4.69, 9.17) is 4.42 Å². The van der Waals surface area contributed by atoms with Crippen LogP contribution in [0, 0.1) is 0 Å². The number of rotatable bonds is 3. The maximum Gasteiger partial charge on any atom is 0.673 e. The first-order chi connectivity index (χ1) is 14.3. The van der Waals surface area contributed by atoms with Gasteiger partial charge in [0.2, 0.25) is 0 Å². The van der Waals surface area contributed by atoms with Crippen molar-refractivity contribution >= 4 is 23.2 Å². The number of benzene rings is 3. The van der Waals surface area contributed by atoms with Gasteiger partial charge in [0.05, 0.1) is 23.3 Å². The molecule has 3 aromatic carbocycles. The highest BCUT2D eigenvalue weighted by atomic mass is 79.9. The Labute approximate surface area is 180 Å². The maximum absolute atomic E-state index is 9.75. The Morgan fingerprint density at radius 2 is 0.967 bits per heavy atom. The summed E-state index contributed by atoms with van der Waals surface area (Å²) < 4.78 is 46.3. The van der Waals surface area contributed by atoms with Gasteiger partial charge < -0.3 is 17.3 Å². The van der Waals surface area contributed by atoms with E-state index in [-0.39, 0.29) is 0 Å². The van der Waals surface area contributed by atoms with Crippen molar-refractivity contribution in [1.29, 1.82) is 0 Å². The van der Waals surface area contributed by atoms with Gasteiger partial charge in [0, 0.05) is 10.0 Å². The van der Waals surface area contributed by atoms with Gasteiger partial charge in [-0.2, -0.15) is 0 Å². The Balaban J connectivity index is 0.000000461. The van der Waals surface area contributed by atoms with Gasteiger partial charge in [-0.1, -0.05) is 70.5 Å². The molecular formula is C23H16BBrF4O. The smallest absolute Gasteiger partial charge is 0.418 e. The molecule has 0 N–H and O–H groups in total. The highest BCUT2D eigenvalue weighted by Crippen LogP contribution is 2.35. The summed E-state index contributed by atoms with van der Waals surface area (Å²) in [5, 5.41) is 0. The minimum Gasteiger partial charge on any atom is -0.418 e. The number of halogens is 5. The molecule has 0 saturated carbocycles. The molecule has 0 atom stereocenters. The van der Waals surface area contributed by atoms with Crippen LogP contribution in [0.2, 0.25) is 0 Å². The fourth-order valence-electron chi connectivity index (χ4n) is 2.84. The van der Waals surface area contributed by atoms with Gasteiger partial charge in [0.1, 0.15) is 0 Å². The maximum atomic E-state index is 9.75. The van der Waals surface area contributed by atoms with E-state index >= 15 is 0 Å². The molecule has 4 rings (SSSR count). The van der Waals surface area contributed by atoms with Crippen LogP contribution >= 0.6 is 15.9 Å². The molecule has 0 aliphatic carbocycles. The molecule has 7 heteroatoms. The summed E-state index contributed by atoms with van der Waals surface area (Å²) in [6.45, 7) is 0. The molecule has 0 aliphatic heterocycles. The molecule has 0 fully saturated rings. The largest absolute Gasteiger partial charge is 0.673 e. The van der Waals surface area contributed by atoms with E-state index in [0.717, 1.165) is 38.2 Å². The van der Waals surface area contributed by atoms with E-state index in [1.807, 2.05) is 42.5 Å². The monoisotopic (exact) mass is 474 g/mol. The van der Waals surface area contributed by atoms with E-state index in [1.165, 1.54) is 0 Å². The number of hydrogen-bond donors (Lipinski definition) is 0. The molecule has 0 saturated heterocycles. The lowest BCUT2D eigenvalue weighted by molar-refractivity contribution is 0.368. The van der Waals surface area contributed by atoms with Crippen molar-refractivity contribution in [3.05, 3.63) is 102 Å². The van der Waals surface area contributed by atoms with Crippen LogP contribution in [0.4, 0.5) is 17.3 Å². The van der Waals surface area contributed by atoms with Crippen LogP contribution in [0.15, 0.2) is 106 Å². The standard InChI is InChI=1S/C23H16BrO.BF4/c24-21-14-8-7-13-20(21)19-15-22(17-9-3-1-4-10-17)25-23(16-19)18-11-5-2-6-12-18;2-1(3,4)5/h1-16H;/q+1;-1. The quantitative estimate of drug-likeness (QED) is 0.164. The van der Waals surface area contributed by atoms with E-state index in [1.54, 1.807) is 0 Å². The summed E-state index contributed by atoms with van der Waals surface area (Å²) in [7, 11) is -6.00. The van der Waals surface area contributed by atoms with Crippen LogP contribution < -0.4 is 0 Å². The summed E-state index contributed by atoms with van der Waals surface area (Å²) in [6, 6.07) is 32.8. The highest BCUT2D eigenvalue weighted by Gasteiger charge is 2.21. The third-order valence-electron chi connectivity index (χ3n) is 4.09. The highest BCUT2D eigenvalue weighted by molar-refractivity contribution is 9.10. The predicted molar refractivity (Wildman–Crippen MR) is 117 cm³/mol. The molecule has 0 bridgehead atoms. The molecule has 30 heavy (non-hydrogen) atoms. The van der Waals surface area contributed by atoms with Crippen molar-refractivity contribution in [2.45, 2.75) is 0 Å². The lowest BCUT2D eigenvalue weighted by Gasteiger charge is -2.04. The molecule has 0 amide bonds. The second-order valence-corrected chi connectivity index (χ2v) is 7.14. The summed E-state index contributed by atoms with van der Waals surface area (Å²) in [5.41, 5.74) is 4.39. The van der Waals surface area contributed by atoms with Crippen LogP contribution in [-0.4, -0.2) is 7.25 Å². The van der Waals surface area contributed by atoms with Crippen LogP contribution in [0.5, 0.6) is 0 Å². The fourth-order valence-corrected chi connectivity index (χ4v) is 3.36. The van der Waals surface area contributed by atoms with Crippen LogP contribution in [0.1, 0.15) is 0 Å². The molecule has 152 valence electrons. The van der Waals surface area contributed by atoms with Crippen molar-refractivity contribution in [2.75, 3.05) is 0 Å². The third kappa shape index (κ3) is 6.29. The van der Waals surface area contributed by atoms with Crippen molar-refractivity contribution < 1.29 is 21.7 Å². The Hall–Kier alpha value is -2.93. The van der Waals surface area contributed by atoms with E-state index in [0.29, 0.717) is 0 Å². The zero-order valence-corrected chi connectivity index (χ0v) is 17.2. The average molecular weight is 475 g/mol. The van der Waals surface area contributed by atoms with E-state index in [2.05, 4.69) is 70.5 Å². The first kappa shape index (κ1) is 21.8. The van der Waals surface area contributed by atoms with Crippen LogP contribution in [0.3, 0.4) is 0 Å². The van der Waals surface area contributed by atoms with Gasteiger partial charge in [0.15, 0.2) is 0 Å². The summed E-state index contributed by atoms with van der Waals surface area (Å²) >= 11 is 3.66. The van der Waals surface area contributed by atoms with Gasteiger partial charge in [-0.05, 0) is 35.9 Å². The number of hydrogen-bond acceptors (Lipinski definition) is 0. The molecule has 0 unspecified atom stereocenters. The van der Waals surface area contributed by atoms with Crippen molar-refractivity contribution in [1.82, 2.24) is 0 Å². The van der Waals surface area contributed by atoms with Crippen LogP contribution in [0.25, 0.3) is 33.8 Å². The third-order valence-corrected chi connectivity index (χ3v) is 4.79. The molecule has 1 heterocycles. The summed E-state index contributed by atoms with van der Waals surface area (Å²) in [6.07, 6.45) is 0. The Morgan fingerprint density at radius 1 is 0.567 bits per heavy atom. The zero-order valence-electron chi connectivity index (χ0n) is 15.6. The zero-order chi connectivity index (χ0) is 21.6. The first-order valence-electron chi connectivity index (χ1n) is 9.02. The Kier molecular flexibility index (Phi) is 7.05. The topological polar surface area (TPSA) is 11.3 Å². The second kappa shape index (κ2) is 9.72. The lowest BCUT2D eigenvalue weighted by atomic mass is 10.0. The van der Waals surface area contributed by atoms with Crippen molar-refractivity contribution in [3.8, 4) is 33.8 Å². The van der Waals surface area contributed by atoms with Gasteiger partial charge in [-0.25, -0.2) is 4.42 Å². The molecule has 1 nitrogen and oxygen atoms in total. The Morgan fingerprint density at radius 3 is 1.40 bits per heavy atom. The molecule has 4 aromatic rings. The SMILES string of the molecule is Brc1ccccc1-c1cc(-c2ccccc2)[o+]c(-c2ccccc2)c1.F[B-](F)(F)F. The second-order valence-electron chi connectivity index (χ2n) is 6.28.